The van der Waals surface area contributed by atoms with Gasteiger partial charge in [-0.25, -0.2) is 0 Å². The summed E-state index contributed by atoms with van der Waals surface area (Å²) in [6.45, 7) is 0. The number of hydrogen-bond acceptors (Lipinski definition) is 4. The number of rotatable bonds is 5. The maximum absolute atomic E-state index is 6.15. The maximum Gasteiger partial charge on any atom is 0.0931 e. The molecule has 0 saturated heterocycles. The van der Waals surface area contributed by atoms with Crippen LogP contribution in [0.4, 0.5) is 0 Å². The number of nitrogens with one attached hydrogen (secondary N) is 1. The van der Waals surface area contributed by atoms with Crippen LogP contribution >= 0.6 is 46.0 Å². The third-order valence-electron chi connectivity index (χ3n) is 4.09. The van der Waals surface area contributed by atoms with Gasteiger partial charge in [0.15, 0.2) is 0 Å². The van der Waals surface area contributed by atoms with Gasteiger partial charge in [0.25, 0.3) is 0 Å². The van der Waals surface area contributed by atoms with Gasteiger partial charge in [-0.3, -0.25) is 0 Å². The highest BCUT2D eigenvalue weighted by Crippen LogP contribution is 2.36. The lowest BCUT2D eigenvalue weighted by Crippen LogP contribution is -2.42. The van der Waals surface area contributed by atoms with Gasteiger partial charge in [-0.1, -0.05) is 30.5 Å². The fourth-order valence-electron chi connectivity index (χ4n) is 3.03. The molecule has 1 saturated carbocycles. The molecule has 3 atom stereocenters. The lowest BCUT2D eigenvalue weighted by molar-refractivity contribution is 0.367. The fourth-order valence-corrected chi connectivity index (χ4v) is 5.99. The van der Waals surface area contributed by atoms with Gasteiger partial charge < -0.3 is 5.32 Å². The molecule has 0 bridgehead atoms. The summed E-state index contributed by atoms with van der Waals surface area (Å²) in [5.74, 6) is 0. The van der Waals surface area contributed by atoms with Crippen LogP contribution in [0.25, 0.3) is 0 Å². The fraction of sp³-hybridized carbons (Fsp3) is 0.500. The first-order valence-electron chi connectivity index (χ1n) is 7.35. The van der Waals surface area contributed by atoms with E-state index < -0.39 is 0 Å². The van der Waals surface area contributed by atoms with Gasteiger partial charge in [-0.05, 0) is 42.7 Å². The summed E-state index contributed by atoms with van der Waals surface area (Å²) in [4.78, 5) is 2.71. The Bertz CT molecular complexity index is 552. The molecule has 0 amide bonds. The van der Waals surface area contributed by atoms with Crippen LogP contribution in [0.1, 0.15) is 41.5 Å². The van der Waals surface area contributed by atoms with Crippen molar-refractivity contribution in [3.05, 3.63) is 43.7 Å². The highest BCUT2D eigenvalue weighted by molar-refractivity contribution is 7.99. The van der Waals surface area contributed by atoms with E-state index in [9.17, 15) is 0 Å². The Hall–Kier alpha value is -0.0000000000000000278. The topological polar surface area (TPSA) is 12.0 Å². The van der Waals surface area contributed by atoms with E-state index in [-0.39, 0.29) is 0 Å². The first-order chi connectivity index (χ1) is 10.3. The summed E-state index contributed by atoms with van der Waals surface area (Å²) >= 11 is 11.7. The Kier molecular flexibility index (Phi) is 5.68. The Labute approximate surface area is 144 Å². The summed E-state index contributed by atoms with van der Waals surface area (Å²) in [5.41, 5.74) is 0. The molecule has 0 aromatic carbocycles. The lowest BCUT2D eigenvalue weighted by Gasteiger charge is -2.34. The zero-order valence-electron chi connectivity index (χ0n) is 12.0. The first-order valence-corrected chi connectivity index (χ1v) is 10.7. The van der Waals surface area contributed by atoms with Gasteiger partial charge >= 0.3 is 0 Å². The Morgan fingerprint density at radius 1 is 1.24 bits per heavy atom. The highest BCUT2D eigenvalue weighted by atomic mass is 35.5. The van der Waals surface area contributed by atoms with E-state index in [4.69, 9.17) is 11.6 Å². The summed E-state index contributed by atoms with van der Waals surface area (Å²) in [7, 11) is 0. The minimum absolute atomic E-state index is 0.292. The van der Waals surface area contributed by atoms with Crippen LogP contribution in [0.15, 0.2) is 29.6 Å². The molecule has 3 rings (SSSR count). The van der Waals surface area contributed by atoms with Crippen molar-refractivity contribution in [2.45, 2.75) is 43.0 Å². The second kappa shape index (κ2) is 7.51. The molecule has 21 heavy (non-hydrogen) atoms. The Balaban J connectivity index is 1.82. The molecule has 2 aromatic rings. The van der Waals surface area contributed by atoms with E-state index in [0.717, 1.165) is 9.59 Å². The van der Waals surface area contributed by atoms with Crippen molar-refractivity contribution in [1.82, 2.24) is 5.32 Å². The van der Waals surface area contributed by atoms with Crippen LogP contribution in [-0.4, -0.2) is 17.5 Å². The van der Waals surface area contributed by atoms with Crippen molar-refractivity contribution in [2.24, 2.45) is 0 Å². The standard InChI is InChI=1S/C16H20ClNS3/c1-19-12-6-3-2-5-11(12)18-16(13-7-4-10-20-13)14-8-9-15(17)21-14/h4,7-12,16,18H,2-3,5-6H2,1H3. The summed E-state index contributed by atoms with van der Waals surface area (Å²) in [6.07, 6.45) is 7.58. The van der Waals surface area contributed by atoms with Gasteiger partial charge in [-0.15, -0.1) is 22.7 Å². The number of thiophene rings is 2. The predicted molar refractivity (Wildman–Crippen MR) is 98.2 cm³/mol. The molecule has 0 radical (unpaired) electrons. The van der Waals surface area contributed by atoms with E-state index in [0.29, 0.717) is 12.1 Å². The minimum Gasteiger partial charge on any atom is -0.301 e. The molecule has 114 valence electrons. The molecule has 1 nitrogen and oxygen atoms in total. The number of thioether (sulfide) groups is 1. The second-order valence-corrected chi connectivity index (χ2v) is 9.22. The molecular formula is C16H20ClNS3. The Morgan fingerprint density at radius 3 is 2.76 bits per heavy atom. The van der Waals surface area contributed by atoms with Crippen molar-refractivity contribution < 1.29 is 0 Å². The zero-order valence-corrected chi connectivity index (χ0v) is 15.3. The van der Waals surface area contributed by atoms with E-state index in [2.05, 4.69) is 35.2 Å². The predicted octanol–water partition coefficient (Wildman–Crippen LogP) is 5.82. The first kappa shape index (κ1) is 15.9. The van der Waals surface area contributed by atoms with Crippen LogP contribution in [0.3, 0.4) is 0 Å². The molecule has 1 fully saturated rings. The average molecular weight is 358 g/mol. The second-order valence-electron chi connectivity index (χ2n) is 5.42. The third-order valence-corrected chi connectivity index (χ3v) is 7.50. The number of hydrogen-bond donors (Lipinski definition) is 1. The monoisotopic (exact) mass is 357 g/mol. The van der Waals surface area contributed by atoms with Crippen LogP contribution in [0.5, 0.6) is 0 Å². The normalized spacial score (nSPS) is 24.1. The molecule has 0 spiro atoms. The molecule has 2 aromatic heterocycles. The third kappa shape index (κ3) is 3.85. The SMILES string of the molecule is CSC1CCCCC1NC(c1cccs1)c1ccc(Cl)s1. The molecule has 1 aliphatic carbocycles. The van der Waals surface area contributed by atoms with E-state index in [1.54, 1.807) is 11.3 Å². The van der Waals surface area contributed by atoms with Crippen LogP contribution in [-0.2, 0) is 0 Å². The quantitative estimate of drug-likeness (QED) is 0.723. The van der Waals surface area contributed by atoms with Crippen LogP contribution in [0.2, 0.25) is 4.34 Å². The summed E-state index contributed by atoms with van der Waals surface area (Å²) in [5, 5.41) is 6.82. The molecule has 2 heterocycles. The van der Waals surface area contributed by atoms with Crippen molar-refractivity contribution in [2.75, 3.05) is 6.26 Å². The molecule has 5 heteroatoms. The smallest absolute Gasteiger partial charge is 0.0931 e. The Morgan fingerprint density at radius 2 is 2.10 bits per heavy atom. The summed E-state index contributed by atoms with van der Waals surface area (Å²) < 4.78 is 0.874. The molecule has 0 aliphatic heterocycles. The van der Waals surface area contributed by atoms with Gasteiger partial charge in [0.2, 0.25) is 0 Å². The van der Waals surface area contributed by atoms with Gasteiger partial charge in [0, 0.05) is 21.0 Å². The molecular weight excluding hydrogens is 338 g/mol. The minimum atomic E-state index is 0.292. The van der Waals surface area contributed by atoms with E-state index in [1.165, 1.54) is 35.4 Å². The van der Waals surface area contributed by atoms with Crippen molar-refractivity contribution >= 4 is 46.0 Å². The number of halogens is 1. The molecule has 1 N–H and O–H groups in total. The summed E-state index contributed by atoms with van der Waals surface area (Å²) in [6, 6.07) is 9.43. The zero-order chi connectivity index (χ0) is 14.7. The van der Waals surface area contributed by atoms with E-state index in [1.807, 2.05) is 29.2 Å². The highest BCUT2D eigenvalue weighted by Gasteiger charge is 2.28. The molecule has 3 unspecified atom stereocenters. The van der Waals surface area contributed by atoms with Crippen molar-refractivity contribution in [3.8, 4) is 0 Å². The van der Waals surface area contributed by atoms with Gasteiger partial charge in [0.05, 0.1) is 10.4 Å². The van der Waals surface area contributed by atoms with E-state index >= 15 is 0 Å². The molecule has 1 aliphatic rings. The largest absolute Gasteiger partial charge is 0.301 e. The lowest BCUT2D eigenvalue weighted by atomic mass is 9.94. The van der Waals surface area contributed by atoms with Gasteiger partial charge in [-0.2, -0.15) is 11.8 Å². The van der Waals surface area contributed by atoms with Crippen molar-refractivity contribution in [1.29, 1.82) is 0 Å². The van der Waals surface area contributed by atoms with Gasteiger partial charge in [0.1, 0.15) is 0 Å². The maximum atomic E-state index is 6.15. The van der Waals surface area contributed by atoms with Crippen LogP contribution < -0.4 is 5.32 Å². The van der Waals surface area contributed by atoms with Crippen LogP contribution in [0, 0.1) is 0 Å². The average Bonchev–Trinajstić information content (AvgIpc) is 3.17. The van der Waals surface area contributed by atoms with Crippen molar-refractivity contribution in [3.63, 3.8) is 0 Å².